The highest BCUT2D eigenvalue weighted by Crippen LogP contribution is 2.23. The van der Waals surface area contributed by atoms with E-state index in [0.717, 1.165) is 17.7 Å². The molecule has 2 rings (SSSR count). The second kappa shape index (κ2) is 8.29. The molecular weight excluding hydrogens is 336 g/mol. The monoisotopic (exact) mass is 362 g/mol. The average Bonchev–Trinajstić information content (AvgIpc) is 2.89. The average molecular weight is 362 g/mol. The second-order valence-corrected chi connectivity index (χ2v) is 7.02. The van der Waals surface area contributed by atoms with Gasteiger partial charge in [0.1, 0.15) is 0 Å². The Morgan fingerprint density at radius 1 is 1.28 bits per heavy atom. The van der Waals surface area contributed by atoms with E-state index >= 15 is 0 Å². The summed E-state index contributed by atoms with van der Waals surface area (Å²) in [5, 5.41) is 2.65. The van der Waals surface area contributed by atoms with E-state index in [1.165, 1.54) is 17.1 Å². The number of benzene rings is 1. The summed E-state index contributed by atoms with van der Waals surface area (Å²) in [6.45, 7) is 11.1. The van der Waals surface area contributed by atoms with Gasteiger partial charge in [-0.05, 0) is 54.9 Å². The predicted molar refractivity (Wildman–Crippen MR) is 102 cm³/mol. The number of aromatic nitrogens is 2. The third-order valence-electron chi connectivity index (χ3n) is 3.96. The first-order valence-corrected chi connectivity index (χ1v) is 9.49. The van der Waals surface area contributed by atoms with Crippen molar-refractivity contribution >= 4 is 17.6 Å². The van der Waals surface area contributed by atoms with E-state index < -0.39 is 6.03 Å². The van der Waals surface area contributed by atoms with E-state index in [1.54, 1.807) is 8.52 Å². The van der Waals surface area contributed by atoms with Crippen molar-refractivity contribution in [1.82, 2.24) is 13.8 Å². The highest BCUT2D eigenvalue weighted by Gasteiger charge is 2.16. The van der Waals surface area contributed by atoms with Gasteiger partial charge < -0.3 is 5.32 Å². The Balaban J connectivity index is 2.77. The maximum absolute atomic E-state index is 12.8. The van der Waals surface area contributed by atoms with E-state index in [1.807, 2.05) is 26.0 Å². The molecule has 25 heavy (non-hydrogen) atoms. The molecule has 1 N–H and O–H groups in total. The molecule has 0 unspecified atom stereocenters. The minimum atomic E-state index is -0.433. The summed E-state index contributed by atoms with van der Waals surface area (Å²) in [5.41, 5.74) is 2.93. The summed E-state index contributed by atoms with van der Waals surface area (Å²) in [6, 6.07) is 5.68. The van der Waals surface area contributed by atoms with Gasteiger partial charge in [0.05, 0.1) is 5.69 Å². The van der Waals surface area contributed by atoms with Gasteiger partial charge in [-0.25, -0.2) is 18.1 Å². The number of carbonyl (C=O) groups excluding carboxylic acids is 1. The third kappa shape index (κ3) is 4.10. The summed E-state index contributed by atoms with van der Waals surface area (Å²) in [6.07, 6.45) is 0.934. The third-order valence-corrected chi connectivity index (χ3v) is 5.04. The Bertz CT molecular complexity index is 874. The molecule has 0 aliphatic carbocycles. The van der Waals surface area contributed by atoms with Gasteiger partial charge in [0.15, 0.2) is 0 Å². The summed E-state index contributed by atoms with van der Waals surface area (Å²) >= 11 is 1.21. The first kappa shape index (κ1) is 19.2. The smallest absolute Gasteiger partial charge is 0.336 e. The lowest BCUT2D eigenvalue weighted by atomic mass is 9.97. The molecule has 1 heterocycles. The summed E-state index contributed by atoms with van der Waals surface area (Å²) in [7, 11) is 0. The molecule has 0 saturated heterocycles. The van der Waals surface area contributed by atoms with Crippen molar-refractivity contribution in [2.24, 2.45) is 4.99 Å². The first-order chi connectivity index (χ1) is 11.9. The number of nitrogens with one attached hydrogen (secondary N) is 1. The van der Waals surface area contributed by atoms with Gasteiger partial charge in [-0.2, -0.15) is 4.99 Å². The molecule has 7 heteroatoms. The lowest BCUT2D eigenvalue weighted by Crippen LogP contribution is -2.30. The minimum Gasteiger partial charge on any atom is -0.336 e. The largest absolute Gasteiger partial charge is 0.344 e. The maximum atomic E-state index is 12.8. The molecule has 136 valence electrons. The molecule has 2 aromatic rings. The van der Waals surface area contributed by atoms with Crippen molar-refractivity contribution in [1.29, 1.82) is 0 Å². The fourth-order valence-electron chi connectivity index (χ4n) is 2.62. The predicted octanol–water partition coefficient (Wildman–Crippen LogP) is 3.04. The van der Waals surface area contributed by atoms with Crippen molar-refractivity contribution in [2.45, 2.75) is 53.5 Å². The number of hydrogen-bond donors (Lipinski definition) is 1. The van der Waals surface area contributed by atoms with Gasteiger partial charge in [0.2, 0.25) is 4.80 Å². The molecular formula is C18H26N4O2S. The van der Waals surface area contributed by atoms with Crippen molar-refractivity contribution in [3.63, 3.8) is 0 Å². The van der Waals surface area contributed by atoms with E-state index in [9.17, 15) is 9.59 Å². The van der Waals surface area contributed by atoms with Gasteiger partial charge in [0, 0.05) is 13.1 Å². The molecule has 6 nitrogen and oxygen atoms in total. The van der Waals surface area contributed by atoms with Crippen LogP contribution in [0.4, 0.5) is 4.79 Å². The van der Waals surface area contributed by atoms with Crippen LogP contribution >= 0.6 is 11.5 Å². The summed E-state index contributed by atoms with van der Waals surface area (Å²) in [4.78, 5) is 29.3. The SMILES string of the molecule is CCNC(=O)N=c1sn(CC)c(=O)n1-c1ccc(CC)cc1C(C)C. The number of carbonyl (C=O) groups is 1. The normalized spacial score (nSPS) is 12.0. The van der Waals surface area contributed by atoms with Crippen molar-refractivity contribution in [2.75, 3.05) is 6.54 Å². The van der Waals surface area contributed by atoms with Crippen molar-refractivity contribution in [3.05, 3.63) is 44.6 Å². The molecule has 0 aliphatic heterocycles. The summed E-state index contributed by atoms with van der Waals surface area (Å²) < 4.78 is 3.16. The Morgan fingerprint density at radius 2 is 2.00 bits per heavy atom. The van der Waals surface area contributed by atoms with Crippen LogP contribution in [0, 0.1) is 0 Å². The lowest BCUT2D eigenvalue weighted by molar-refractivity contribution is 0.249. The molecule has 1 aromatic heterocycles. The van der Waals surface area contributed by atoms with Gasteiger partial charge in [-0.3, -0.25) is 0 Å². The van der Waals surface area contributed by atoms with Crippen molar-refractivity contribution < 1.29 is 4.79 Å². The molecule has 0 atom stereocenters. The Morgan fingerprint density at radius 3 is 2.56 bits per heavy atom. The van der Waals surface area contributed by atoms with Crippen LogP contribution in [0.15, 0.2) is 28.0 Å². The number of urea groups is 1. The molecule has 0 aliphatic rings. The standard InChI is InChI=1S/C18H26N4O2S/c1-6-13-9-10-15(14(11-13)12(4)5)22-17(20-16(23)19-7-2)25-21(8-3)18(22)24/h9-12H,6-8H2,1-5H3,(H,19,23). The Kier molecular flexibility index (Phi) is 6.36. The maximum Gasteiger partial charge on any atom is 0.344 e. The number of amides is 2. The zero-order valence-corrected chi connectivity index (χ0v) is 16.3. The lowest BCUT2D eigenvalue weighted by Gasteiger charge is -2.14. The van der Waals surface area contributed by atoms with Crippen LogP contribution in [-0.4, -0.2) is 21.1 Å². The molecule has 0 radical (unpaired) electrons. The van der Waals surface area contributed by atoms with E-state index in [-0.39, 0.29) is 11.6 Å². The van der Waals surface area contributed by atoms with Crippen LogP contribution in [-0.2, 0) is 13.0 Å². The topological polar surface area (TPSA) is 68.4 Å². The fourth-order valence-corrected chi connectivity index (χ4v) is 3.48. The van der Waals surface area contributed by atoms with Gasteiger partial charge in [-0.15, -0.1) is 0 Å². The minimum absolute atomic E-state index is 0.165. The van der Waals surface area contributed by atoms with Crippen LogP contribution < -0.4 is 15.8 Å². The van der Waals surface area contributed by atoms with Crippen LogP contribution in [0.2, 0.25) is 0 Å². The van der Waals surface area contributed by atoms with Gasteiger partial charge in [-0.1, -0.05) is 32.9 Å². The fraction of sp³-hybridized carbons (Fsp3) is 0.500. The highest BCUT2D eigenvalue weighted by molar-refractivity contribution is 7.03. The molecule has 1 aromatic carbocycles. The summed E-state index contributed by atoms with van der Waals surface area (Å²) in [5.74, 6) is 0.251. The Labute approximate surface area is 152 Å². The van der Waals surface area contributed by atoms with Gasteiger partial charge >= 0.3 is 11.7 Å². The molecule has 0 saturated carbocycles. The first-order valence-electron chi connectivity index (χ1n) is 8.71. The number of nitrogens with zero attached hydrogens (tertiary/aromatic N) is 3. The molecule has 2 amide bonds. The zero-order chi connectivity index (χ0) is 18.6. The van der Waals surface area contributed by atoms with Crippen LogP contribution in [0.25, 0.3) is 5.69 Å². The van der Waals surface area contributed by atoms with Crippen molar-refractivity contribution in [3.8, 4) is 5.69 Å². The molecule has 0 bridgehead atoms. The van der Waals surface area contributed by atoms with Gasteiger partial charge in [0.25, 0.3) is 0 Å². The van der Waals surface area contributed by atoms with Crippen LogP contribution in [0.5, 0.6) is 0 Å². The second-order valence-electron chi connectivity index (χ2n) is 6.04. The Hall–Kier alpha value is -2.15. The van der Waals surface area contributed by atoms with E-state index in [0.29, 0.717) is 17.9 Å². The highest BCUT2D eigenvalue weighted by atomic mass is 32.1. The molecule has 0 fully saturated rings. The van der Waals surface area contributed by atoms with E-state index in [2.05, 4.69) is 37.1 Å². The number of rotatable bonds is 5. The number of aryl methyl sites for hydroxylation is 2. The van der Waals surface area contributed by atoms with Crippen LogP contribution in [0.3, 0.4) is 0 Å². The van der Waals surface area contributed by atoms with Crippen LogP contribution in [0.1, 0.15) is 51.7 Å². The quantitative estimate of drug-likeness (QED) is 0.888. The number of hydrogen-bond acceptors (Lipinski definition) is 3. The van der Waals surface area contributed by atoms with E-state index in [4.69, 9.17) is 0 Å². The zero-order valence-electron chi connectivity index (χ0n) is 15.5. The molecule has 0 spiro atoms.